The van der Waals surface area contributed by atoms with Gasteiger partial charge in [0.05, 0.1) is 7.11 Å². The molecule has 0 aliphatic heterocycles. The third kappa shape index (κ3) is 2.67. The van der Waals surface area contributed by atoms with Crippen molar-refractivity contribution in [1.82, 2.24) is 4.98 Å². The second kappa shape index (κ2) is 5.71. The van der Waals surface area contributed by atoms with Gasteiger partial charge in [0, 0.05) is 6.20 Å². The molecule has 6 heteroatoms. The predicted molar refractivity (Wildman–Crippen MR) is 69.0 cm³/mol. The topological polar surface area (TPSA) is 92.4 Å². The number of nitrogens with zero attached hydrogens (tertiary/aromatic N) is 2. The number of rotatable bonds is 4. The van der Waals surface area contributed by atoms with E-state index in [4.69, 9.17) is 19.8 Å². The highest BCUT2D eigenvalue weighted by atomic mass is 16.5. The number of aromatic carboxylic acids is 1. The Labute approximate surface area is 114 Å². The average molecular weight is 270 g/mol. The smallest absolute Gasteiger partial charge is 0.339 e. The monoisotopic (exact) mass is 270 g/mol. The van der Waals surface area contributed by atoms with E-state index in [-0.39, 0.29) is 22.8 Å². The molecule has 0 saturated heterocycles. The van der Waals surface area contributed by atoms with Gasteiger partial charge in [-0.15, -0.1) is 0 Å². The molecule has 0 fully saturated rings. The van der Waals surface area contributed by atoms with E-state index in [0.717, 1.165) is 0 Å². The number of carboxylic acid groups (broad SMARTS) is 1. The van der Waals surface area contributed by atoms with Gasteiger partial charge in [-0.1, -0.05) is 0 Å². The van der Waals surface area contributed by atoms with Crippen LogP contribution in [0.1, 0.15) is 15.9 Å². The first-order valence-corrected chi connectivity index (χ1v) is 5.60. The molecule has 0 amide bonds. The van der Waals surface area contributed by atoms with Gasteiger partial charge in [-0.2, -0.15) is 5.26 Å². The van der Waals surface area contributed by atoms with E-state index in [2.05, 4.69) is 4.98 Å². The second-order valence-electron chi connectivity index (χ2n) is 3.74. The lowest BCUT2D eigenvalue weighted by Gasteiger charge is -2.10. The van der Waals surface area contributed by atoms with Crippen molar-refractivity contribution in [2.75, 3.05) is 7.11 Å². The van der Waals surface area contributed by atoms with Crippen LogP contribution in [-0.4, -0.2) is 23.2 Å². The molecule has 1 aromatic heterocycles. The van der Waals surface area contributed by atoms with Crippen LogP contribution < -0.4 is 9.47 Å². The van der Waals surface area contributed by atoms with Crippen molar-refractivity contribution in [3.05, 3.63) is 47.7 Å². The van der Waals surface area contributed by atoms with Crippen LogP contribution in [0, 0.1) is 11.3 Å². The Kier molecular flexibility index (Phi) is 3.82. The quantitative estimate of drug-likeness (QED) is 0.917. The summed E-state index contributed by atoms with van der Waals surface area (Å²) in [5, 5.41) is 18.1. The summed E-state index contributed by atoms with van der Waals surface area (Å²) in [7, 11) is 1.44. The minimum Gasteiger partial charge on any atom is -0.497 e. The fraction of sp³-hybridized carbons (Fsp3) is 0.0714. The van der Waals surface area contributed by atoms with Crippen LogP contribution in [0.15, 0.2) is 36.5 Å². The highest BCUT2D eigenvalue weighted by Gasteiger charge is 2.15. The fourth-order valence-electron chi connectivity index (χ4n) is 1.55. The lowest BCUT2D eigenvalue weighted by atomic mass is 10.2. The maximum absolute atomic E-state index is 11.2. The van der Waals surface area contributed by atoms with Crippen molar-refractivity contribution >= 4 is 5.97 Å². The fourth-order valence-corrected chi connectivity index (χ4v) is 1.55. The molecule has 0 aliphatic rings. The van der Waals surface area contributed by atoms with Crippen molar-refractivity contribution in [1.29, 1.82) is 5.26 Å². The number of carboxylic acids is 1. The van der Waals surface area contributed by atoms with Gasteiger partial charge in [0.15, 0.2) is 0 Å². The molecular weight excluding hydrogens is 260 g/mol. The molecule has 6 nitrogen and oxygen atoms in total. The van der Waals surface area contributed by atoms with Crippen molar-refractivity contribution in [3.8, 4) is 23.4 Å². The molecule has 0 saturated carbocycles. The van der Waals surface area contributed by atoms with Crippen LogP contribution >= 0.6 is 0 Å². The molecule has 1 N–H and O–H groups in total. The largest absolute Gasteiger partial charge is 0.497 e. The molecule has 1 aromatic carbocycles. The zero-order valence-electron chi connectivity index (χ0n) is 10.5. The zero-order valence-corrected chi connectivity index (χ0v) is 10.5. The van der Waals surface area contributed by atoms with E-state index in [9.17, 15) is 4.79 Å². The summed E-state index contributed by atoms with van der Waals surface area (Å²) in [6.07, 6.45) is 1.46. The number of aromatic nitrogens is 1. The van der Waals surface area contributed by atoms with Crippen molar-refractivity contribution in [3.63, 3.8) is 0 Å². The van der Waals surface area contributed by atoms with Gasteiger partial charge in [-0.05, 0) is 30.3 Å². The molecule has 0 radical (unpaired) electrons. The van der Waals surface area contributed by atoms with Crippen LogP contribution in [0.2, 0.25) is 0 Å². The number of nitriles is 1. The number of hydrogen-bond donors (Lipinski definition) is 1. The van der Waals surface area contributed by atoms with Crippen LogP contribution in [0.3, 0.4) is 0 Å². The first kappa shape index (κ1) is 13.4. The number of ether oxygens (including phenoxy) is 2. The summed E-state index contributed by atoms with van der Waals surface area (Å²) in [4.78, 5) is 15.1. The van der Waals surface area contributed by atoms with Crippen LogP contribution in [0.25, 0.3) is 0 Å². The summed E-state index contributed by atoms with van der Waals surface area (Å²) >= 11 is 0. The third-order valence-electron chi connectivity index (χ3n) is 2.52. The van der Waals surface area contributed by atoms with Gasteiger partial charge in [-0.25, -0.2) is 9.78 Å². The Morgan fingerprint density at radius 2 is 2.20 bits per heavy atom. The number of methoxy groups -OCH3 is 1. The maximum atomic E-state index is 11.2. The lowest BCUT2D eigenvalue weighted by molar-refractivity contribution is 0.0693. The minimum absolute atomic E-state index is 0.0580. The van der Waals surface area contributed by atoms with Gasteiger partial charge in [0.1, 0.15) is 28.7 Å². The first-order chi connectivity index (χ1) is 9.65. The lowest BCUT2D eigenvalue weighted by Crippen LogP contribution is -2.02. The Bertz CT molecular complexity index is 692. The first-order valence-electron chi connectivity index (χ1n) is 5.60. The number of carbonyl (C=O) groups is 1. The van der Waals surface area contributed by atoms with E-state index in [1.54, 1.807) is 12.1 Å². The standard InChI is InChI=1S/C14H10N2O4/c1-19-10-4-5-12(11(7-10)14(17)18)20-13-9(8-15)3-2-6-16-13/h2-7H,1H3,(H,17,18). The number of benzene rings is 1. The minimum atomic E-state index is -1.16. The predicted octanol–water partition coefficient (Wildman–Crippen LogP) is 2.45. The SMILES string of the molecule is COc1ccc(Oc2ncccc2C#N)c(C(=O)O)c1. The molecule has 20 heavy (non-hydrogen) atoms. The molecule has 2 rings (SSSR count). The molecule has 100 valence electrons. The summed E-state index contributed by atoms with van der Waals surface area (Å²) < 4.78 is 10.4. The van der Waals surface area contributed by atoms with Crippen molar-refractivity contribution in [2.24, 2.45) is 0 Å². The Morgan fingerprint density at radius 1 is 1.40 bits per heavy atom. The van der Waals surface area contributed by atoms with Gasteiger partial charge in [0.2, 0.25) is 5.88 Å². The molecule has 0 atom stereocenters. The van der Waals surface area contributed by atoms with Crippen molar-refractivity contribution < 1.29 is 19.4 Å². The van der Waals surface area contributed by atoms with E-state index in [0.29, 0.717) is 5.75 Å². The van der Waals surface area contributed by atoms with E-state index >= 15 is 0 Å². The number of pyridine rings is 1. The molecule has 0 bridgehead atoms. The molecule has 0 unspecified atom stereocenters. The van der Waals surface area contributed by atoms with Gasteiger partial charge >= 0.3 is 5.97 Å². The van der Waals surface area contributed by atoms with Gasteiger partial charge in [0.25, 0.3) is 0 Å². The van der Waals surface area contributed by atoms with Crippen LogP contribution in [0.5, 0.6) is 17.4 Å². The summed E-state index contributed by atoms with van der Waals surface area (Å²) in [5.41, 5.74) is 0.151. The van der Waals surface area contributed by atoms with Gasteiger partial charge < -0.3 is 14.6 Å². The summed E-state index contributed by atoms with van der Waals surface area (Å²) in [6.45, 7) is 0. The molecule has 1 heterocycles. The Morgan fingerprint density at radius 3 is 2.85 bits per heavy atom. The summed E-state index contributed by atoms with van der Waals surface area (Å²) in [6, 6.07) is 9.42. The zero-order chi connectivity index (χ0) is 14.5. The highest BCUT2D eigenvalue weighted by Crippen LogP contribution is 2.29. The molecule has 0 aliphatic carbocycles. The van der Waals surface area contributed by atoms with Gasteiger partial charge in [-0.3, -0.25) is 0 Å². The third-order valence-corrected chi connectivity index (χ3v) is 2.52. The molecule has 2 aromatic rings. The average Bonchev–Trinajstić information content (AvgIpc) is 2.48. The van der Waals surface area contributed by atoms with Crippen LogP contribution in [-0.2, 0) is 0 Å². The van der Waals surface area contributed by atoms with E-state index < -0.39 is 5.97 Å². The van der Waals surface area contributed by atoms with E-state index in [1.165, 1.54) is 31.5 Å². The Balaban J connectivity index is 2.43. The van der Waals surface area contributed by atoms with E-state index in [1.807, 2.05) is 6.07 Å². The van der Waals surface area contributed by atoms with Crippen LogP contribution in [0.4, 0.5) is 0 Å². The van der Waals surface area contributed by atoms with Crippen molar-refractivity contribution in [2.45, 2.75) is 0 Å². The maximum Gasteiger partial charge on any atom is 0.339 e. The molecule has 0 spiro atoms. The normalized spacial score (nSPS) is 9.60. The highest BCUT2D eigenvalue weighted by molar-refractivity contribution is 5.91. The molecular formula is C14H10N2O4. The second-order valence-corrected chi connectivity index (χ2v) is 3.74. The Hall–Kier alpha value is -3.07. The number of hydrogen-bond acceptors (Lipinski definition) is 5. The summed E-state index contributed by atoms with van der Waals surface area (Å²) in [5.74, 6) is -0.610.